The Labute approximate surface area is 400 Å². The molecule has 4 heterocycles. The Hall–Kier alpha value is -4.81. The molecule has 67 heavy (non-hydrogen) atoms. The van der Waals surface area contributed by atoms with Crippen molar-refractivity contribution in [1.82, 2.24) is 40.3 Å². The third-order valence-electron chi connectivity index (χ3n) is 13.4. The van der Waals surface area contributed by atoms with Gasteiger partial charge in [0, 0.05) is 90.7 Å². The smallest absolute Gasteiger partial charge is 0.246 e. The highest BCUT2D eigenvalue weighted by Gasteiger charge is 2.44. The number of hydrazine groups is 1. The van der Waals surface area contributed by atoms with E-state index < -0.39 is 35.4 Å². The van der Waals surface area contributed by atoms with Gasteiger partial charge in [-0.1, -0.05) is 69.3 Å². The molecule has 3 aliphatic rings. The Morgan fingerprint density at radius 3 is 2.34 bits per heavy atom. The first-order chi connectivity index (χ1) is 32.0. The molecule has 362 valence electrons. The molecule has 3 amide bonds. The standard InChI is InChI=1S/C51H70FN9O5S/c1-35-11-10-12-43(52)42(35)30-58-31-45(61(34-58)56(6)7)38-17-19-40(20-18-38)59-24-22-57(23-25-59)21-8-9-26-66-32-46(63)55-48(51(3,4)5)50(65)60-29-41(62)27-44(60)49(64)53-28-37-13-15-39(16-14-37)47-36(2)54-33-67-47/h10-20,33,41,44-45,48,62H,8-9,21-32,34H2,1-7H3,(H,53,64)(H,55,63)/t41-,44+,45?,48+/m1/s1. The van der Waals surface area contributed by atoms with Gasteiger partial charge in [-0.25, -0.2) is 19.4 Å². The number of aromatic nitrogens is 1. The fraction of sp³-hybridized carbons (Fsp3) is 0.529. The summed E-state index contributed by atoms with van der Waals surface area (Å²) < 4.78 is 20.4. The number of nitrogens with one attached hydrogen (secondary N) is 2. The van der Waals surface area contributed by atoms with Gasteiger partial charge in [-0.15, -0.1) is 11.3 Å². The fourth-order valence-electron chi connectivity index (χ4n) is 9.41. The van der Waals surface area contributed by atoms with Crippen LogP contribution in [-0.2, 0) is 32.2 Å². The van der Waals surface area contributed by atoms with Gasteiger partial charge in [-0.3, -0.25) is 24.2 Å². The zero-order valence-corrected chi connectivity index (χ0v) is 41.2. The normalized spacial score (nSPS) is 20.2. The summed E-state index contributed by atoms with van der Waals surface area (Å²) >= 11 is 1.58. The number of thiazole rings is 1. The summed E-state index contributed by atoms with van der Waals surface area (Å²) in [5.41, 5.74) is 8.33. The van der Waals surface area contributed by atoms with Crippen molar-refractivity contribution in [3.63, 3.8) is 0 Å². The van der Waals surface area contributed by atoms with E-state index >= 15 is 0 Å². The van der Waals surface area contributed by atoms with E-state index in [1.54, 1.807) is 23.5 Å². The second-order valence-corrected chi connectivity index (χ2v) is 20.5. The van der Waals surface area contributed by atoms with E-state index in [1.165, 1.54) is 16.2 Å². The Bertz CT molecular complexity index is 2260. The van der Waals surface area contributed by atoms with Gasteiger partial charge < -0.3 is 30.3 Å². The number of piperazine rings is 1. The predicted molar refractivity (Wildman–Crippen MR) is 261 cm³/mol. The number of carbonyl (C=O) groups is 3. The van der Waals surface area contributed by atoms with Crippen molar-refractivity contribution in [2.24, 2.45) is 5.41 Å². The topological polar surface area (TPSA) is 137 Å². The van der Waals surface area contributed by atoms with E-state index in [2.05, 4.69) is 78.7 Å². The summed E-state index contributed by atoms with van der Waals surface area (Å²) in [6, 6.07) is 20.6. The molecule has 0 bridgehead atoms. The molecule has 0 aliphatic carbocycles. The van der Waals surface area contributed by atoms with Crippen LogP contribution in [0.4, 0.5) is 10.1 Å². The van der Waals surface area contributed by atoms with E-state index in [1.807, 2.05) is 70.5 Å². The largest absolute Gasteiger partial charge is 0.391 e. The number of hydrogen-bond donors (Lipinski definition) is 3. The van der Waals surface area contributed by atoms with Crippen molar-refractivity contribution in [1.29, 1.82) is 0 Å². The van der Waals surface area contributed by atoms with Crippen LogP contribution in [0.25, 0.3) is 10.4 Å². The number of halogens is 1. The average Bonchev–Trinajstić information content (AvgIpc) is 4.05. The van der Waals surface area contributed by atoms with Crippen molar-refractivity contribution in [2.45, 2.75) is 91.2 Å². The lowest BCUT2D eigenvalue weighted by atomic mass is 9.85. The molecule has 3 aromatic carbocycles. The number of β-amino-alcohol motifs (C(OH)–C–C–N with tert-alkyl or cyclic N) is 1. The molecule has 0 saturated carbocycles. The summed E-state index contributed by atoms with van der Waals surface area (Å²) in [6.07, 6.45) is 1.02. The molecule has 16 heteroatoms. The number of aryl methyl sites for hydroxylation is 2. The maximum absolute atomic E-state index is 14.7. The Balaban J connectivity index is 0.802. The molecule has 3 fully saturated rings. The monoisotopic (exact) mass is 940 g/mol. The zero-order chi connectivity index (χ0) is 47.8. The summed E-state index contributed by atoms with van der Waals surface area (Å²) in [5, 5.41) is 20.9. The minimum atomic E-state index is -0.919. The van der Waals surface area contributed by atoms with Crippen LogP contribution in [0.5, 0.6) is 0 Å². The minimum Gasteiger partial charge on any atom is -0.391 e. The number of carbonyl (C=O) groups excluding carboxylic acids is 3. The Kier molecular flexibility index (Phi) is 16.8. The molecule has 0 spiro atoms. The van der Waals surface area contributed by atoms with Crippen LogP contribution >= 0.6 is 11.3 Å². The number of benzene rings is 3. The van der Waals surface area contributed by atoms with Crippen LogP contribution in [0.2, 0.25) is 0 Å². The third kappa shape index (κ3) is 12.8. The van der Waals surface area contributed by atoms with Gasteiger partial charge in [0.05, 0.1) is 34.9 Å². The van der Waals surface area contributed by atoms with Crippen LogP contribution < -0.4 is 15.5 Å². The number of anilines is 1. The zero-order valence-electron chi connectivity index (χ0n) is 40.3. The minimum absolute atomic E-state index is 0.0120. The number of hydrogen-bond acceptors (Lipinski definition) is 12. The van der Waals surface area contributed by atoms with Gasteiger partial charge in [0.1, 0.15) is 24.5 Å². The molecular weight excluding hydrogens is 870 g/mol. The lowest BCUT2D eigenvalue weighted by Gasteiger charge is -2.36. The van der Waals surface area contributed by atoms with E-state index in [0.717, 1.165) is 91.6 Å². The van der Waals surface area contributed by atoms with Gasteiger partial charge in [0.15, 0.2) is 0 Å². The maximum Gasteiger partial charge on any atom is 0.246 e. The summed E-state index contributed by atoms with van der Waals surface area (Å²) in [6.45, 7) is 17.0. The Morgan fingerprint density at radius 2 is 1.69 bits per heavy atom. The SMILES string of the molecule is Cc1cccc(F)c1CN1CC(c2ccc(N3CCN(CCCCOCC(=O)N[C@@H](C(=O)N4C[C@H](O)C[C@H]4C(=O)NCc4ccc(-c5scnc5C)cc4)C(C)(C)C)CC3)cc2)N(N(C)C)C1. The molecule has 3 N–H and O–H groups in total. The van der Waals surface area contributed by atoms with E-state index in [9.17, 15) is 23.9 Å². The first-order valence-corrected chi connectivity index (χ1v) is 24.5. The van der Waals surface area contributed by atoms with E-state index in [4.69, 9.17) is 4.74 Å². The van der Waals surface area contributed by atoms with Crippen molar-refractivity contribution in [2.75, 3.05) is 84.7 Å². The van der Waals surface area contributed by atoms with Gasteiger partial charge >= 0.3 is 0 Å². The summed E-state index contributed by atoms with van der Waals surface area (Å²) in [4.78, 5) is 54.7. The predicted octanol–water partition coefficient (Wildman–Crippen LogP) is 5.59. The van der Waals surface area contributed by atoms with Crippen molar-refractivity contribution >= 4 is 34.7 Å². The average molecular weight is 940 g/mol. The highest BCUT2D eigenvalue weighted by atomic mass is 32.1. The molecule has 3 aliphatic heterocycles. The molecule has 3 saturated heterocycles. The second kappa shape index (κ2) is 22.5. The number of ether oxygens (including phenoxy) is 1. The van der Waals surface area contributed by atoms with Crippen LogP contribution in [0.3, 0.4) is 0 Å². The highest BCUT2D eigenvalue weighted by molar-refractivity contribution is 7.13. The lowest BCUT2D eigenvalue weighted by molar-refractivity contribution is -0.144. The lowest BCUT2D eigenvalue weighted by Crippen LogP contribution is -2.58. The number of unbranched alkanes of at least 4 members (excludes halogenated alkanes) is 1. The number of rotatable bonds is 18. The molecule has 14 nitrogen and oxygen atoms in total. The quantitative estimate of drug-likeness (QED) is 0.108. The summed E-state index contributed by atoms with van der Waals surface area (Å²) in [5.74, 6) is -1.29. The first-order valence-electron chi connectivity index (χ1n) is 23.7. The van der Waals surface area contributed by atoms with Crippen molar-refractivity contribution in [3.05, 3.63) is 106 Å². The number of aliphatic hydroxyl groups is 1. The molecule has 4 atom stereocenters. The van der Waals surface area contributed by atoms with Crippen LogP contribution in [0.1, 0.15) is 74.0 Å². The van der Waals surface area contributed by atoms with Crippen LogP contribution in [-0.4, -0.2) is 151 Å². The number of amides is 3. The summed E-state index contributed by atoms with van der Waals surface area (Å²) in [7, 11) is 4.13. The van der Waals surface area contributed by atoms with Crippen LogP contribution in [0.15, 0.2) is 72.2 Å². The molecule has 7 rings (SSSR count). The second-order valence-electron chi connectivity index (χ2n) is 19.6. The molecular formula is C51H70FN9O5S. The maximum atomic E-state index is 14.7. The number of nitrogens with zero attached hydrogens (tertiary/aromatic N) is 7. The molecule has 4 aromatic rings. The number of aliphatic hydroxyl groups excluding tert-OH is 1. The molecule has 1 aromatic heterocycles. The van der Waals surface area contributed by atoms with Crippen molar-refractivity contribution < 1.29 is 28.6 Å². The first kappa shape index (κ1) is 50.1. The highest BCUT2D eigenvalue weighted by Crippen LogP contribution is 2.33. The third-order valence-corrected chi connectivity index (χ3v) is 14.3. The molecule has 0 radical (unpaired) electrons. The van der Waals surface area contributed by atoms with Crippen LogP contribution in [0, 0.1) is 25.1 Å². The van der Waals surface area contributed by atoms with Gasteiger partial charge in [-0.05, 0) is 79.1 Å². The molecule has 1 unspecified atom stereocenters. The van der Waals surface area contributed by atoms with E-state index in [0.29, 0.717) is 13.2 Å². The van der Waals surface area contributed by atoms with Gasteiger partial charge in [0.25, 0.3) is 0 Å². The van der Waals surface area contributed by atoms with Gasteiger partial charge in [-0.2, -0.15) is 0 Å². The fourth-order valence-corrected chi connectivity index (χ4v) is 10.2. The number of likely N-dealkylation sites (tertiary alicyclic amines) is 1. The van der Waals surface area contributed by atoms with Gasteiger partial charge in [0.2, 0.25) is 17.7 Å². The Morgan fingerprint density at radius 1 is 0.955 bits per heavy atom. The van der Waals surface area contributed by atoms with E-state index in [-0.39, 0.29) is 43.9 Å². The van der Waals surface area contributed by atoms with Crippen molar-refractivity contribution in [3.8, 4) is 10.4 Å².